The van der Waals surface area contributed by atoms with Crippen molar-refractivity contribution in [2.24, 2.45) is 7.05 Å². The third-order valence-corrected chi connectivity index (χ3v) is 4.56. The van der Waals surface area contributed by atoms with Crippen LogP contribution < -0.4 is 10.3 Å². The van der Waals surface area contributed by atoms with Crippen LogP contribution in [0.2, 0.25) is 0 Å². The first-order valence-electron chi connectivity index (χ1n) is 8.15. The van der Waals surface area contributed by atoms with E-state index in [4.69, 9.17) is 4.74 Å². The Morgan fingerprint density at radius 2 is 1.92 bits per heavy atom. The molecule has 1 aromatic carbocycles. The van der Waals surface area contributed by atoms with Crippen molar-refractivity contribution in [1.82, 2.24) is 9.47 Å². The first-order chi connectivity index (χ1) is 11.5. The number of hydrogen-bond donors (Lipinski definition) is 0. The van der Waals surface area contributed by atoms with E-state index in [1.165, 1.54) is 4.57 Å². The number of benzene rings is 1. The minimum absolute atomic E-state index is 0.0362. The average Bonchev–Trinajstić information content (AvgIpc) is 3.02. The van der Waals surface area contributed by atoms with Gasteiger partial charge in [0.1, 0.15) is 17.4 Å². The predicted molar refractivity (Wildman–Crippen MR) is 92.5 cm³/mol. The lowest BCUT2D eigenvalue weighted by molar-refractivity contribution is 0.0769. The second-order valence-electron chi connectivity index (χ2n) is 6.30. The Kier molecular flexibility index (Phi) is 4.42. The second-order valence-corrected chi connectivity index (χ2v) is 6.30. The van der Waals surface area contributed by atoms with Gasteiger partial charge in [0, 0.05) is 25.7 Å². The van der Waals surface area contributed by atoms with E-state index in [0.717, 1.165) is 23.4 Å². The van der Waals surface area contributed by atoms with Crippen molar-refractivity contribution in [2.45, 2.75) is 26.4 Å². The highest BCUT2D eigenvalue weighted by atomic mass is 16.5. The molecule has 1 amide bonds. The molecule has 1 atom stereocenters. The van der Waals surface area contributed by atoms with Crippen LogP contribution in [0.15, 0.2) is 41.2 Å². The summed E-state index contributed by atoms with van der Waals surface area (Å²) in [6.45, 7) is 4.79. The van der Waals surface area contributed by atoms with Crippen LogP contribution in [0.4, 0.5) is 0 Å². The monoisotopic (exact) mass is 326 g/mol. The Balaban J connectivity index is 1.76. The normalized spacial score (nSPS) is 17.1. The molecule has 5 nitrogen and oxygen atoms in total. The summed E-state index contributed by atoms with van der Waals surface area (Å²) in [4.78, 5) is 27.0. The third kappa shape index (κ3) is 3.07. The molecular weight excluding hydrogens is 304 g/mol. The van der Waals surface area contributed by atoms with Gasteiger partial charge in [-0.3, -0.25) is 9.59 Å². The molecule has 0 aliphatic carbocycles. The molecule has 1 fully saturated rings. The fraction of sp³-hybridized carbons (Fsp3) is 0.368. The van der Waals surface area contributed by atoms with Crippen molar-refractivity contribution < 1.29 is 9.53 Å². The average molecular weight is 326 g/mol. The summed E-state index contributed by atoms with van der Waals surface area (Å²) >= 11 is 0. The summed E-state index contributed by atoms with van der Waals surface area (Å²) in [5.74, 6) is 0.603. The molecule has 1 saturated heterocycles. The third-order valence-electron chi connectivity index (χ3n) is 4.56. The van der Waals surface area contributed by atoms with Crippen LogP contribution in [0.1, 0.15) is 28.0 Å². The van der Waals surface area contributed by atoms with Gasteiger partial charge in [-0.05, 0) is 37.6 Å². The number of hydrogen-bond acceptors (Lipinski definition) is 3. The molecule has 2 heterocycles. The molecule has 5 heteroatoms. The highest BCUT2D eigenvalue weighted by molar-refractivity contribution is 5.95. The number of para-hydroxylation sites is 1. The van der Waals surface area contributed by atoms with Crippen LogP contribution in [0.3, 0.4) is 0 Å². The summed E-state index contributed by atoms with van der Waals surface area (Å²) in [5.41, 5.74) is 1.61. The van der Waals surface area contributed by atoms with Gasteiger partial charge in [-0.2, -0.15) is 0 Å². The number of aryl methyl sites for hydroxylation is 2. The highest BCUT2D eigenvalue weighted by Gasteiger charge is 2.30. The molecule has 24 heavy (non-hydrogen) atoms. The zero-order valence-electron chi connectivity index (χ0n) is 14.3. The summed E-state index contributed by atoms with van der Waals surface area (Å²) in [6, 6.07) is 11.5. The number of likely N-dealkylation sites (tertiary alicyclic amines) is 1. The quantitative estimate of drug-likeness (QED) is 0.869. The zero-order chi connectivity index (χ0) is 17.3. The molecular formula is C19H22N2O3. The Labute approximate surface area is 141 Å². The fourth-order valence-corrected chi connectivity index (χ4v) is 3.10. The smallest absolute Gasteiger partial charge is 0.263 e. The van der Waals surface area contributed by atoms with E-state index in [0.29, 0.717) is 13.1 Å². The summed E-state index contributed by atoms with van der Waals surface area (Å²) in [7, 11) is 1.69. The maximum absolute atomic E-state index is 12.8. The minimum Gasteiger partial charge on any atom is -0.489 e. The largest absolute Gasteiger partial charge is 0.489 e. The van der Waals surface area contributed by atoms with E-state index in [1.54, 1.807) is 11.9 Å². The van der Waals surface area contributed by atoms with E-state index in [-0.39, 0.29) is 23.1 Å². The Morgan fingerprint density at radius 1 is 1.21 bits per heavy atom. The van der Waals surface area contributed by atoms with Gasteiger partial charge in [-0.1, -0.05) is 18.2 Å². The second kappa shape index (κ2) is 6.51. The number of amides is 1. The van der Waals surface area contributed by atoms with Crippen molar-refractivity contribution in [3.63, 3.8) is 0 Å². The van der Waals surface area contributed by atoms with Crippen LogP contribution in [0, 0.1) is 13.8 Å². The van der Waals surface area contributed by atoms with Crippen LogP contribution in [-0.4, -0.2) is 34.6 Å². The number of ether oxygens (including phenoxy) is 1. The number of rotatable bonds is 3. The number of carbonyl (C=O) groups is 1. The first kappa shape index (κ1) is 16.3. The van der Waals surface area contributed by atoms with E-state index >= 15 is 0 Å². The molecule has 3 rings (SSSR count). The lowest BCUT2D eigenvalue weighted by Crippen LogP contribution is -2.37. The van der Waals surface area contributed by atoms with Gasteiger partial charge in [0.15, 0.2) is 0 Å². The SMILES string of the molecule is Cc1cc(C)n(C)c(=O)c1C(=O)N1CC[C@H](Oc2ccccc2)C1. The van der Waals surface area contributed by atoms with Gasteiger partial charge >= 0.3 is 0 Å². The van der Waals surface area contributed by atoms with Crippen molar-refractivity contribution in [3.8, 4) is 5.75 Å². The van der Waals surface area contributed by atoms with Crippen LogP contribution in [0.5, 0.6) is 5.75 Å². The molecule has 0 saturated carbocycles. The molecule has 1 aliphatic heterocycles. The Hall–Kier alpha value is -2.56. The highest BCUT2D eigenvalue weighted by Crippen LogP contribution is 2.20. The molecule has 0 radical (unpaired) electrons. The lowest BCUT2D eigenvalue weighted by Gasteiger charge is -2.19. The lowest BCUT2D eigenvalue weighted by atomic mass is 10.1. The van der Waals surface area contributed by atoms with E-state index in [1.807, 2.05) is 50.2 Å². The van der Waals surface area contributed by atoms with Gasteiger partial charge in [0.25, 0.3) is 11.5 Å². The standard InChI is InChI=1S/C19H22N2O3/c1-13-11-14(2)20(3)18(22)17(13)19(23)21-10-9-16(12-21)24-15-7-5-4-6-8-15/h4-8,11,16H,9-10,12H2,1-3H3/t16-/m0/s1. The minimum atomic E-state index is -0.232. The van der Waals surface area contributed by atoms with Crippen LogP contribution in [-0.2, 0) is 7.05 Å². The molecule has 2 aromatic rings. The van der Waals surface area contributed by atoms with Crippen molar-refractivity contribution in [3.05, 3.63) is 63.6 Å². The van der Waals surface area contributed by atoms with Crippen LogP contribution in [0.25, 0.3) is 0 Å². The van der Waals surface area contributed by atoms with E-state index in [2.05, 4.69) is 0 Å². The number of nitrogens with zero attached hydrogens (tertiary/aromatic N) is 2. The predicted octanol–water partition coefficient (Wildman–Crippen LogP) is 2.30. The van der Waals surface area contributed by atoms with Gasteiger partial charge in [-0.15, -0.1) is 0 Å². The molecule has 0 unspecified atom stereocenters. The summed E-state index contributed by atoms with van der Waals surface area (Å²) in [6.07, 6.45) is 0.734. The van der Waals surface area contributed by atoms with Gasteiger partial charge in [0.05, 0.1) is 6.54 Å². The molecule has 0 spiro atoms. The molecule has 126 valence electrons. The van der Waals surface area contributed by atoms with E-state index < -0.39 is 0 Å². The topological polar surface area (TPSA) is 51.5 Å². The number of pyridine rings is 1. The number of carbonyl (C=O) groups excluding carboxylic acids is 1. The molecule has 1 aromatic heterocycles. The summed E-state index contributed by atoms with van der Waals surface area (Å²) in [5, 5.41) is 0. The fourth-order valence-electron chi connectivity index (χ4n) is 3.10. The van der Waals surface area contributed by atoms with Crippen molar-refractivity contribution in [2.75, 3.05) is 13.1 Å². The maximum atomic E-state index is 12.8. The molecule has 0 N–H and O–H groups in total. The van der Waals surface area contributed by atoms with E-state index in [9.17, 15) is 9.59 Å². The Bertz CT molecular complexity index is 811. The van der Waals surface area contributed by atoms with Gasteiger partial charge in [0.2, 0.25) is 0 Å². The summed E-state index contributed by atoms with van der Waals surface area (Å²) < 4.78 is 7.44. The first-order valence-corrected chi connectivity index (χ1v) is 8.15. The molecule has 1 aliphatic rings. The molecule has 0 bridgehead atoms. The van der Waals surface area contributed by atoms with Gasteiger partial charge < -0.3 is 14.2 Å². The van der Waals surface area contributed by atoms with Gasteiger partial charge in [-0.25, -0.2) is 0 Å². The van der Waals surface area contributed by atoms with Crippen LogP contribution >= 0.6 is 0 Å². The number of aromatic nitrogens is 1. The Morgan fingerprint density at radius 3 is 2.62 bits per heavy atom. The van der Waals surface area contributed by atoms with Crippen molar-refractivity contribution in [1.29, 1.82) is 0 Å². The zero-order valence-corrected chi connectivity index (χ0v) is 14.3. The maximum Gasteiger partial charge on any atom is 0.263 e. The van der Waals surface area contributed by atoms with Crippen molar-refractivity contribution >= 4 is 5.91 Å².